The first-order valence-electron chi connectivity index (χ1n) is 8.99. The third-order valence-electron chi connectivity index (χ3n) is 4.98. The average molecular weight is 474 g/mol. The number of nitrogen functional groups attached to an aromatic ring is 1. The quantitative estimate of drug-likeness (QED) is 0.425. The molecule has 3 unspecified atom stereocenters. The monoisotopic (exact) mass is 473 g/mol. The van der Waals surface area contributed by atoms with Crippen molar-refractivity contribution in [2.45, 2.75) is 24.7 Å². The van der Waals surface area contributed by atoms with Gasteiger partial charge in [0.05, 0.1) is 27.4 Å². The van der Waals surface area contributed by atoms with Crippen LogP contribution in [0.1, 0.15) is 12.0 Å². The molecule has 13 heteroatoms. The molecule has 0 bridgehead atoms. The van der Waals surface area contributed by atoms with Crippen molar-refractivity contribution < 1.29 is 28.2 Å². The van der Waals surface area contributed by atoms with Gasteiger partial charge in [-0.25, -0.2) is 9.97 Å². The Hall–Kier alpha value is -2.54. The van der Waals surface area contributed by atoms with E-state index in [1.807, 2.05) is 0 Å². The fourth-order valence-corrected chi connectivity index (χ4v) is 4.72. The molecule has 1 saturated carbocycles. The topological polar surface area (TPSA) is 134 Å². The van der Waals surface area contributed by atoms with Crippen LogP contribution in [0.25, 0.3) is 20.8 Å². The van der Waals surface area contributed by atoms with Crippen LogP contribution in [0.2, 0.25) is 5.15 Å². The SMILES string of the molecule is Nc1nc(Cl)c(-c2nc3cc(C(F)(F)F)ccc3s2)c(NC2CC(CO)C(O)C2=O)n1. The molecule has 1 fully saturated rings. The number of hydrogen-bond donors (Lipinski definition) is 4. The number of fused-ring (bicyclic) bond motifs is 1. The largest absolute Gasteiger partial charge is 0.416 e. The van der Waals surface area contributed by atoms with Crippen LogP contribution < -0.4 is 11.1 Å². The Balaban J connectivity index is 1.76. The highest BCUT2D eigenvalue weighted by Gasteiger charge is 2.41. The van der Waals surface area contributed by atoms with Crippen LogP contribution >= 0.6 is 22.9 Å². The molecule has 0 aliphatic heterocycles. The lowest BCUT2D eigenvalue weighted by Gasteiger charge is -2.15. The Labute approximate surface area is 181 Å². The summed E-state index contributed by atoms with van der Waals surface area (Å²) >= 11 is 7.32. The molecule has 0 spiro atoms. The van der Waals surface area contributed by atoms with Crippen molar-refractivity contribution in [3.63, 3.8) is 0 Å². The summed E-state index contributed by atoms with van der Waals surface area (Å²) in [4.78, 5) is 24.5. The van der Waals surface area contributed by atoms with Gasteiger partial charge in [-0.05, 0) is 24.6 Å². The average Bonchev–Trinajstić information content (AvgIpc) is 3.22. The van der Waals surface area contributed by atoms with Crippen molar-refractivity contribution in [3.05, 3.63) is 28.9 Å². The van der Waals surface area contributed by atoms with Crippen molar-refractivity contribution in [1.82, 2.24) is 15.0 Å². The van der Waals surface area contributed by atoms with Gasteiger partial charge in [-0.15, -0.1) is 11.3 Å². The molecule has 0 amide bonds. The van der Waals surface area contributed by atoms with E-state index in [1.54, 1.807) is 0 Å². The molecule has 3 aromatic rings. The van der Waals surface area contributed by atoms with E-state index in [1.165, 1.54) is 6.07 Å². The number of aromatic nitrogens is 3. The minimum Gasteiger partial charge on any atom is -0.396 e. The number of halogens is 4. The first-order chi connectivity index (χ1) is 14.6. The van der Waals surface area contributed by atoms with Gasteiger partial charge in [0.15, 0.2) is 5.78 Å². The number of alkyl halides is 3. The highest BCUT2D eigenvalue weighted by atomic mass is 35.5. The third-order valence-corrected chi connectivity index (χ3v) is 6.30. The van der Waals surface area contributed by atoms with Gasteiger partial charge in [0, 0.05) is 12.5 Å². The molecule has 3 atom stereocenters. The molecule has 2 heterocycles. The Kier molecular flexibility index (Phi) is 5.50. The zero-order valence-electron chi connectivity index (χ0n) is 15.5. The number of aliphatic hydroxyl groups is 2. The highest BCUT2D eigenvalue weighted by molar-refractivity contribution is 7.21. The molecule has 0 radical (unpaired) electrons. The molecule has 31 heavy (non-hydrogen) atoms. The van der Waals surface area contributed by atoms with E-state index in [0.29, 0.717) is 4.70 Å². The predicted molar refractivity (Wildman–Crippen MR) is 109 cm³/mol. The molecule has 1 aliphatic carbocycles. The number of nitrogens with one attached hydrogen (secondary N) is 1. The van der Waals surface area contributed by atoms with Gasteiger partial charge in [0.25, 0.3) is 0 Å². The zero-order valence-corrected chi connectivity index (χ0v) is 17.1. The summed E-state index contributed by atoms with van der Waals surface area (Å²) in [5.41, 5.74) is 5.12. The second-order valence-corrected chi connectivity index (χ2v) is 8.41. The Morgan fingerprint density at radius 1 is 1.29 bits per heavy atom. The van der Waals surface area contributed by atoms with Crippen LogP contribution in [0.4, 0.5) is 24.9 Å². The maximum absolute atomic E-state index is 13.0. The molecule has 1 aromatic carbocycles. The minimum absolute atomic E-state index is 0.0525. The van der Waals surface area contributed by atoms with Gasteiger partial charge < -0.3 is 21.3 Å². The maximum Gasteiger partial charge on any atom is 0.416 e. The summed E-state index contributed by atoms with van der Waals surface area (Å²) in [5, 5.41) is 22.3. The number of carbonyl (C=O) groups is 1. The van der Waals surface area contributed by atoms with E-state index in [2.05, 4.69) is 20.3 Å². The van der Waals surface area contributed by atoms with E-state index in [0.717, 1.165) is 23.5 Å². The Morgan fingerprint density at radius 2 is 2.03 bits per heavy atom. The highest BCUT2D eigenvalue weighted by Crippen LogP contribution is 2.40. The minimum atomic E-state index is -4.51. The fourth-order valence-electron chi connectivity index (χ4n) is 3.41. The number of Topliss-reactive ketones (excluding diaryl/α,β-unsaturated/α-hetero) is 1. The van der Waals surface area contributed by atoms with Crippen molar-refractivity contribution >= 4 is 50.7 Å². The lowest BCUT2D eigenvalue weighted by atomic mass is 10.1. The van der Waals surface area contributed by atoms with Gasteiger partial charge in [-0.3, -0.25) is 4.79 Å². The fraction of sp³-hybridized carbons (Fsp3) is 0.333. The van der Waals surface area contributed by atoms with Gasteiger partial charge in [-0.2, -0.15) is 18.2 Å². The number of nitrogens with two attached hydrogens (primary N) is 1. The van der Waals surface area contributed by atoms with Crippen LogP contribution in [0, 0.1) is 5.92 Å². The van der Waals surface area contributed by atoms with E-state index in [9.17, 15) is 28.2 Å². The van der Waals surface area contributed by atoms with Crippen LogP contribution in [0.3, 0.4) is 0 Å². The predicted octanol–water partition coefficient (Wildman–Crippen LogP) is 2.73. The number of rotatable bonds is 4. The normalized spacial score (nSPS) is 21.7. The number of benzene rings is 1. The molecule has 0 saturated heterocycles. The number of thiazole rings is 1. The van der Waals surface area contributed by atoms with E-state index >= 15 is 0 Å². The molecule has 5 N–H and O–H groups in total. The van der Waals surface area contributed by atoms with Gasteiger partial charge in [0.2, 0.25) is 5.95 Å². The lowest BCUT2D eigenvalue weighted by molar-refractivity contribution is -0.137. The number of nitrogens with zero attached hydrogens (tertiary/aromatic N) is 3. The summed E-state index contributed by atoms with van der Waals surface area (Å²) in [6.07, 6.45) is -5.70. The summed E-state index contributed by atoms with van der Waals surface area (Å²) in [6, 6.07) is 2.32. The number of hydrogen-bond acceptors (Lipinski definition) is 9. The van der Waals surface area contributed by atoms with E-state index in [-0.39, 0.29) is 46.0 Å². The zero-order chi connectivity index (χ0) is 22.5. The standard InChI is InChI=1S/C18H15ClF3N5O3S/c19-14-11(16-25-8-4-7(18(20,21)22)1-2-10(8)31-16)15(27-17(23)26-14)24-9-3-6(5-28)12(29)13(9)30/h1-2,4,6,9,12,28-29H,3,5H2,(H3,23,24,26,27). The molecular weight excluding hydrogens is 459 g/mol. The molecular formula is C18H15ClF3N5O3S. The smallest absolute Gasteiger partial charge is 0.396 e. The van der Waals surface area contributed by atoms with Crippen molar-refractivity contribution in [1.29, 1.82) is 0 Å². The van der Waals surface area contributed by atoms with E-state index in [4.69, 9.17) is 17.3 Å². The van der Waals surface area contributed by atoms with Crippen LogP contribution in [0.15, 0.2) is 18.2 Å². The summed E-state index contributed by atoms with van der Waals surface area (Å²) in [5.74, 6) is -1.30. The molecule has 164 valence electrons. The molecule has 1 aliphatic rings. The van der Waals surface area contributed by atoms with Gasteiger partial charge in [0.1, 0.15) is 22.1 Å². The third kappa shape index (κ3) is 4.03. The number of aliphatic hydroxyl groups excluding tert-OH is 2. The second-order valence-electron chi connectivity index (χ2n) is 7.02. The summed E-state index contributed by atoms with van der Waals surface area (Å²) in [7, 11) is 0. The van der Waals surface area contributed by atoms with Crippen LogP contribution in [-0.2, 0) is 11.0 Å². The molecule has 2 aromatic heterocycles. The van der Waals surface area contributed by atoms with Crippen molar-refractivity contribution in [2.24, 2.45) is 5.92 Å². The van der Waals surface area contributed by atoms with Gasteiger partial charge in [-0.1, -0.05) is 11.6 Å². The summed E-state index contributed by atoms with van der Waals surface area (Å²) in [6.45, 7) is -0.371. The number of anilines is 2. The van der Waals surface area contributed by atoms with E-state index < -0.39 is 35.6 Å². The lowest BCUT2D eigenvalue weighted by Crippen LogP contribution is -2.30. The first kappa shape index (κ1) is 21.7. The van der Waals surface area contributed by atoms with Crippen LogP contribution in [0.5, 0.6) is 0 Å². The van der Waals surface area contributed by atoms with Gasteiger partial charge >= 0.3 is 6.18 Å². The molecule has 8 nitrogen and oxygen atoms in total. The van der Waals surface area contributed by atoms with Crippen molar-refractivity contribution in [3.8, 4) is 10.6 Å². The number of carbonyl (C=O) groups excluding carboxylic acids is 1. The van der Waals surface area contributed by atoms with Crippen molar-refractivity contribution in [2.75, 3.05) is 17.7 Å². The Bertz CT molecular complexity index is 1170. The van der Waals surface area contributed by atoms with Crippen LogP contribution in [-0.4, -0.2) is 49.7 Å². The molecule has 4 rings (SSSR count). The maximum atomic E-state index is 13.0. The summed E-state index contributed by atoms with van der Waals surface area (Å²) < 4.78 is 39.5. The first-order valence-corrected chi connectivity index (χ1v) is 10.2. The Morgan fingerprint density at radius 3 is 2.68 bits per heavy atom. The second kappa shape index (κ2) is 7.86. The number of ketones is 1.